The van der Waals surface area contributed by atoms with Gasteiger partial charge in [-0.15, -0.1) is 11.3 Å². The molecule has 0 unspecified atom stereocenters. The van der Waals surface area contributed by atoms with Gasteiger partial charge in [0.05, 0.1) is 4.90 Å². The molecular weight excluding hydrogens is 382 g/mol. The Kier molecular flexibility index (Phi) is 6.33. The Bertz CT molecular complexity index is 987. The summed E-state index contributed by atoms with van der Waals surface area (Å²) >= 11 is 1.41. The van der Waals surface area contributed by atoms with Crippen LogP contribution in [0.15, 0.2) is 71.8 Å². The zero-order chi connectivity index (χ0) is 19.1. The van der Waals surface area contributed by atoms with Crippen molar-refractivity contribution in [2.45, 2.75) is 17.7 Å². The Balaban J connectivity index is 1.47. The van der Waals surface area contributed by atoms with Crippen molar-refractivity contribution in [1.29, 1.82) is 0 Å². The molecular formula is C19H19N3O3S2. The molecule has 0 aliphatic carbocycles. The Morgan fingerprint density at radius 3 is 2.37 bits per heavy atom. The number of sulfonamides is 1. The van der Waals surface area contributed by atoms with E-state index in [0.717, 1.165) is 11.3 Å². The number of nitrogens with one attached hydrogen (secondary N) is 2. The summed E-state index contributed by atoms with van der Waals surface area (Å²) in [4.78, 5) is 17.4. The predicted octanol–water partition coefficient (Wildman–Crippen LogP) is 3.04. The van der Waals surface area contributed by atoms with Crippen LogP contribution in [0.5, 0.6) is 0 Å². The third-order valence-corrected chi connectivity index (χ3v) is 6.11. The quantitative estimate of drug-likeness (QED) is 0.607. The average Bonchev–Trinajstić information content (AvgIpc) is 3.10. The fraction of sp³-hybridized carbons (Fsp3) is 0.158. The summed E-state index contributed by atoms with van der Waals surface area (Å²) in [7, 11) is -3.60. The fourth-order valence-corrected chi connectivity index (χ4v) is 4.32. The Morgan fingerprint density at radius 2 is 1.67 bits per heavy atom. The summed E-state index contributed by atoms with van der Waals surface area (Å²) in [5.41, 5.74) is 1.18. The number of amides is 1. The van der Waals surface area contributed by atoms with Crippen molar-refractivity contribution in [3.63, 3.8) is 0 Å². The first kappa shape index (κ1) is 19.2. The lowest BCUT2D eigenvalue weighted by molar-refractivity contribution is -0.116. The predicted molar refractivity (Wildman–Crippen MR) is 106 cm³/mol. The monoisotopic (exact) mass is 401 g/mol. The highest BCUT2D eigenvalue weighted by atomic mass is 32.2. The normalized spacial score (nSPS) is 11.3. The number of carbonyl (C=O) groups excluding carboxylic acids is 1. The van der Waals surface area contributed by atoms with E-state index in [4.69, 9.17) is 0 Å². The van der Waals surface area contributed by atoms with Crippen molar-refractivity contribution in [3.05, 3.63) is 77.3 Å². The standard InChI is InChI=1S/C19H19N3O3S2/c23-18(11-12-21-27(24,25)17-9-5-2-6-10-17)22-19-20-14-16(26-19)13-15-7-3-1-4-8-15/h1-10,14,21H,11-13H2,(H,20,22,23). The van der Waals surface area contributed by atoms with Crippen LogP contribution < -0.4 is 10.0 Å². The Labute approximate surface area is 162 Å². The van der Waals surface area contributed by atoms with Crippen LogP contribution in [0.2, 0.25) is 0 Å². The minimum absolute atomic E-state index is 0.0192. The topological polar surface area (TPSA) is 88.2 Å². The number of hydrogen-bond acceptors (Lipinski definition) is 5. The molecule has 1 heterocycles. The summed E-state index contributed by atoms with van der Waals surface area (Å²) in [6.07, 6.45) is 2.52. The van der Waals surface area contributed by atoms with Gasteiger partial charge in [-0.05, 0) is 17.7 Å². The smallest absolute Gasteiger partial charge is 0.240 e. The van der Waals surface area contributed by atoms with Crippen LogP contribution in [-0.4, -0.2) is 25.9 Å². The molecule has 3 aromatic rings. The maximum atomic E-state index is 12.1. The third-order valence-electron chi connectivity index (χ3n) is 3.72. The fourth-order valence-electron chi connectivity index (χ4n) is 2.41. The molecule has 1 amide bonds. The number of aromatic nitrogens is 1. The molecule has 0 aliphatic rings. The van der Waals surface area contributed by atoms with Crippen LogP contribution in [0.3, 0.4) is 0 Å². The van der Waals surface area contributed by atoms with Gasteiger partial charge in [-0.25, -0.2) is 18.1 Å². The molecule has 0 fully saturated rings. The zero-order valence-corrected chi connectivity index (χ0v) is 16.1. The van der Waals surface area contributed by atoms with Crippen molar-refractivity contribution < 1.29 is 13.2 Å². The number of thiazole rings is 1. The van der Waals surface area contributed by atoms with Gasteiger partial charge in [0.15, 0.2) is 5.13 Å². The van der Waals surface area contributed by atoms with Crippen molar-refractivity contribution in [2.75, 3.05) is 11.9 Å². The Hall–Kier alpha value is -2.55. The van der Waals surface area contributed by atoms with Crippen molar-refractivity contribution in [1.82, 2.24) is 9.71 Å². The number of nitrogens with zero attached hydrogens (tertiary/aromatic N) is 1. The summed E-state index contributed by atoms with van der Waals surface area (Å²) in [6.45, 7) is 0.0192. The molecule has 2 aromatic carbocycles. The van der Waals surface area contributed by atoms with Gasteiger partial charge in [-0.3, -0.25) is 4.79 Å². The van der Waals surface area contributed by atoms with Gasteiger partial charge in [0, 0.05) is 30.5 Å². The van der Waals surface area contributed by atoms with E-state index in [-0.39, 0.29) is 23.8 Å². The molecule has 6 nitrogen and oxygen atoms in total. The minimum Gasteiger partial charge on any atom is -0.302 e. The van der Waals surface area contributed by atoms with Gasteiger partial charge in [0.2, 0.25) is 15.9 Å². The molecule has 2 N–H and O–H groups in total. The second kappa shape index (κ2) is 8.90. The van der Waals surface area contributed by atoms with Crippen LogP contribution in [0.25, 0.3) is 0 Å². The van der Waals surface area contributed by atoms with E-state index in [0.29, 0.717) is 5.13 Å². The molecule has 0 bridgehead atoms. The van der Waals surface area contributed by atoms with E-state index >= 15 is 0 Å². The van der Waals surface area contributed by atoms with E-state index in [9.17, 15) is 13.2 Å². The highest BCUT2D eigenvalue weighted by Crippen LogP contribution is 2.21. The van der Waals surface area contributed by atoms with E-state index < -0.39 is 10.0 Å². The molecule has 0 aliphatic heterocycles. The van der Waals surface area contributed by atoms with Crippen LogP contribution >= 0.6 is 11.3 Å². The minimum atomic E-state index is -3.60. The molecule has 0 saturated heterocycles. The summed E-state index contributed by atoms with van der Waals surface area (Å²) in [5.74, 6) is -0.286. The van der Waals surface area contributed by atoms with Crippen LogP contribution in [-0.2, 0) is 21.2 Å². The molecule has 3 rings (SSSR count). The van der Waals surface area contributed by atoms with Crippen LogP contribution in [0.4, 0.5) is 5.13 Å². The van der Waals surface area contributed by atoms with E-state index in [1.807, 2.05) is 30.3 Å². The second-order valence-corrected chi connectivity index (χ2v) is 8.69. The van der Waals surface area contributed by atoms with Crippen molar-refractivity contribution in [2.24, 2.45) is 0 Å². The van der Waals surface area contributed by atoms with Gasteiger partial charge in [0.25, 0.3) is 0 Å². The SMILES string of the molecule is O=C(CCNS(=O)(=O)c1ccccc1)Nc1ncc(Cc2ccccc2)s1. The summed E-state index contributed by atoms with van der Waals surface area (Å²) in [5, 5.41) is 3.22. The third kappa shape index (κ3) is 5.72. The van der Waals surface area contributed by atoms with Crippen molar-refractivity contribution in [3.8, 4) is 0 Å². The summed E-state index contributed by atoms with van der Waals surface area (Å²) < 4.78 is 26.6. The molecule has 27 heavy (non-hydrogen) atoms. The first-order valence-corrected chi connectivity index (χ1v) is 10.7. The first-order chi connectivity index (χ1) is 13.0. The molecule has 0 spiro atoms. The molecule has 1 aromatic heterocycles. The summed E-state index contributed by atoms with van der Waals surface area (Å²) in [6, 6.07) is 18.1. The van der Waals surface area contributed by atoms with Gasteiger partial charge in [-0.2, -0.15) is 0 Å². The number of benzene rings is 2. The molecule has 8 heteroatoms. The maximum Gasteiger partial charge on any atom is 0.240 e. The lowest BCUT2D eigenvalue weighted by Crippen LogP contribution is -2.27. The molecule has 0 saturated carbocycles. The molecule has 0 atom stereocenters. The van der Waals surface area contributed by atoms with Gasteiger partial charge in [0.1, 0.15) is 0 Å². The number of carbonyl (C=O) groups is 1. The average molecular weight is 402 g/mol. The van der Waals surface area contributed by atoms with E-state index in [1.165, 1.54) is 29.0 Å². The van der Waals surface area contributed by atoms with E-state index in [1.54, 1.807) is 24.4 Å². The first-order valence-electron chi connectivity index (χ1n) is 8.36. The van der Waals surface area contributed by atoms with Crippen LogP contribution in [0.1, 0.15) is 16.9 Å². The van der Waals surface area contributed by atoms with Gasteiger partial charge < -0.3 is 5.32 Å². The number of anilines is 1. The largest absolute Gasteiger partial charge is 0.302 e. The van der Waals surface area contributed by atoms with Gasteiger partial charge in [-0.1, -0.05) is 48.5 Å². The number of hydrogen-bond donors (Lipinski definition) is 2. The second-order valence-electron chi connectivity index (χ2n) is 5.80. The maximum absolute atomic E-state index is 12.1. The van der Waals surface area contributed by atoms with Crippen molar-refractivity contribution >= 4 is 32.4 Å². The van der Waals surface area contributed by atoms with E-state index in [2.05, 4.69) is 15.0 Å². The highest BCUT2D eigenvalue weighted by Gasteiger charge is 2.14. The molecule has 0 radical (unpaired) electrons. The van der Waals surface area contributed by atoms with Crippen LogP contribution in [0, 0.1) is 0 Å². The number of rotatable bonds is 8. The lowest BCUT2D eigenvalue weighted by Gasteiger charge is -2.06. The molecule has 140 valence electrons. The lowest BCUT2D eigenvalue weighted by atomic mass is 10.1. The highest BCUT2D eigenvalue weighted by molar-refractivity contribution is 7.89. The Morgan fingerprint density at radius 1 is 1.00 bits per heavy atom. The van der Waals surface area contributed by atoms with Gasteiger partial charge >= 0.3 is 0 Å². The zero-order valence-electron chi connectivity index (χ0n) is 14.5.